The minimum absolute atomic E-state index is 0.216. The van der Waals surface area contributed by atoms with Crippen molar-refractivity contribution < 1.29 is 9.53 Å². The molecule has 6 heteroatoms. The normalized spacial score (nSPS) is 10.5. The number of hydrogen-bond donors (Lipinski definition) is 2. The Bertz CT molecular complexity index is 988. The van der Waals surface area contributed by atoms with Gasteiger partial charge in [0.1, 0.15) is 12.4 Å². The van der Waals surface area contributed by atoms with Gasteiger partial charge in [0.15, 0.2) is 5.11 Å². The van der Waals surface area contributed by atoms with Crippen LogP contribution in [0.15, 0.2) is 84.9 Å². The van der Waals surface area contributed by atoms with Crippen molar-refractivity contribution in [2.75, 3.05) is 5.32 Å². The van der Waals surface area contributed by atoms with E-state index in [9.17, 15) is 4.79 Å². The molecular weight excluding hydrogens is 404 g/mol. The van der Waals surface area contributed by atoms with Gasteiger partial charge in [-0.1, -0.05) is 54.1 Å². The zero-order chi connectivity index (χ0) is 20.5. The van der Waals surface area contributed by atoms with Crippen molar-refractivity contribution in [1.29, 1.82) is 0 Å². The number of carbonyl (C=O) groups excluding carboxylic acids is 1. The predicted octanol–water partition coefficient (Wildman–Crippen LogP) is 5.45. The maximum Gasteiger partial charge on any atom is 0.250 e. The van der Waals surface area contributed by atoms with E-state index in [2.05, 4.69) is 10.6 Å². The van der Waals surface area contributed by atoms with Gasteiger partial charge in [-0.15, -0.1) is 0 Å². The third kappa shape index (κ3) is 7.07. The van der Waals surface area contributed by atoms with E-state index >= 15 is 0 Å². The summed E-state index contributed by atoms with van der Waals surface area (Å²) in [5.74, 6) is 0.431. The highest BCUT2D eigenvalue weighted by Crippen LogP contribution is 2.17. The summed E-state index contributed by atoms with van der Waals surface area (Å²) in [6.45, 7) is 0.502. The number of anilines is 1. The molecular formula is C23H19ClN2O2S. The first kappa shape index (κ1) is 20.6. The van der Waals surface area contributed by atoms with Gasteiger partial charge in [0, 0.05) is 16.8 Å². The summed E-state index contributed by atoms with van der Waals surface area (Å²) in [4.78, 5) is 12.0. The SMILES string of the molecule is O=C(/C=C/c1ccc(Cl)cc1)NC(=S)Nc1ccc(OCc2ccccc2)cc1. The largest absolute Gasteiger partial charge is 0.489 e. The minimum Gasteiger partial charge on any atom is -0.489 e. The molecule has 3 aromatic carbocycles. The first-order chi connectivity index (χ1) is 14.1. The zero-order valence-corrected chi connectivity index (χ0v) is 17.0. The Kier molecular flexibility index (Phi) is 7.39. The van der Waals surface area contributed by atoms with Crippen LogP contribution < -0.4 is 15.4 Å². The average Bonchev–Trinajstić information content (AvgIpc) is 2.73. The summed E-state index contributed by atoms with van der Waals surface area (Å²) in [7, 11) is 0. The van der Waals surface area contributed by atoms with Crippen LogP contribution in [0.2, 0.25) is 5.02 Å². The molecule has 0 aliphatic heterocycles. The fourth-order valence-corrected chi connectivity index (χ4v) is 2.78. The highest BCUT2D eigenvalue weighted by Gasteiger charge is 2.03. The molecule has 1 amide bonds. The Balaban J connectivity index is 1.46. The number of halogens is 1. The van der Waals surface area contributed by atoms with Crippen LogP contribution in [-0.4, -0.2) is 11.0 Å². The molecule has 0 bridgehead atoms. The van der Waals surface area contributed by atoms with E-state index in [4.69, 9.17) is 28.6 Å². The molecule has 0 heterocycles. The van der Waals surface area contributed by atoms with Crippen molar-refractivity contribution in [2.45, 2.75) is 6.61 Å². The number of rotatable bonds is 6. The Morgan fingerprint density at radius 2 is 1.66 bits per heavy atom. The summed E-state index contributed by atoms with van der Waals surface area (Å²) >= 11 is 11.0. The molecule has 0 saturated heterocycles. The number of nitrogens with one attached hydrogen (secondary N) is 2. The van der Waals surface area contributed by atoms with Gasteiger partial charge in [-0.25, -0.2) is 0 Å². The van der Waals surface area contributed by atoms with E-state index in [0.717, 1.165) is 22.6 Å². The lowest BCUT2D eigenvalue weighted by atomic mass is 10.2. The number of hydrogen-bond acceptors (Lipinski definition) is 3. The quantitative estimate of drug-likeness (QED) is 0.410. The molecule has 29 heavy (non-hydrogen) atoms. The first-order valence-corrected chi connectivity index (χ1v) is 9.69. The van der Waals surface area contributed by atoms with Gasteiger partial charge in [-0.3, -0.25) is 10.1 Å². The third-order valence-electron chi connectivity index (χ3n) is 3.89. The Morgan fingerprint density at radius 3 is 2.34 bits per heavy atom. The van der Waals surface area contributed by atoms with Gasteiger partial charge >= 0.3 is 0 Å². The molecule has 0 spiro atoms. The number of ether oxygens (including phenoxy) is 1. The van der Waals surface area contributed by atoms with E-state index in [-0.39, 0.29) is 11.0 Å². The van der Waals surface area contributed by atoms with E-state index in [1.54, 1.807) is 18.2 Å². The van der Waals surface area contributed by atoms with Gasteiger partial charge in [0.2, 0.25) is 5.91 Å². The molecule has 2 N–H and O–H groups in total. The molecule has 0 aromatic heterocycles. The van der Waals surface area contributed by atoms with Crippen LogP contribution in [0.1, 0.15) is 11.1 Å². The van der Waals surface area contributed by atoms with Crippen LogP contribution in [0, 0.1) is 0 Å². The van der Waals surface area contributed by atoms with Gasteiger partial charge in [0.05, 0.1) is 0 Å². The topological polar surface area (TPSA) is 50.4 Å². The lowest BCUT2D eigenvalue weighted by Crippen LogP contribution is -2.32. The second-order valence-corrected chi connectivity index (χ2v) is 6.97. The molecule has 0 atom stereocenters. The monoisotopic (exact) mass is 422 g/mol. The van der Waals surface area contributed by atoms with Crippen molar-refractivity contribution in [1.82, 2.24) is 5.32 Å². The maximum absolute atomic E-state index is 12.0. The maximum atomic E-state index is 12.0. The highest BCUT2D eigenvalue weighted by atomic mass is 35.5. The molecule has 4 nitrogen and oxygen atoms in total. The van der Waals surface area contributed by atoms with Crippen molar-refractivity contribution >= 4 is 46.6 Å². The van der Waals surface area contributed by atoms with Crippen LogP contribution in [-0.2, 0) is 11.4 Å². The Morgan fingerprint density at radius 1 is 0.966 bits per heavy atom. The Hall–Kier alpha value is -3.15. The molecule has 0 saturated carbocycles. The van der Waals surface area contributed by atoms with Gasteiger partial charge in [0.25, 0.3) is 0 Å². The van der Waals surface area contributed by atoms with Gasteiger partial charge in [-0.2, -0.15) is 0 Å². The van der Waals surface area contributed by atoms with Gasteiger partial charge < -0.3 is 10.1 Å². The van der Waals surface area contributed by atoms with E-state index < -0.39 is 0 Å². The lowest BCUT2D eigenvalue weighted by molar-refractivity contribution is -0.115. The Labute approximate surface area is 180 Å². The minimum atomic E-state index is -0.319. The van der Waals surface area contributed by atoms with Crippen LogP contribution in [0.25, 0.3) is 6.08 Å². The standard InChI is InChI=1S/C23H19ClN2O2S/c24-19-9-6-17(7-10-19)8-15-22(27)26-23(29)25-20-11-13-21(14-12-20)28-16-18-4-2-1-3-5-18/h1-15H,16H2,(H2,25,26,27,29)/b15-8+. The number of amides is 1. The smallest absolute Gasteiger partial charge is 0.250 e. The average molecular weight is 423 g/mol. The predicted molar refractivity (Wildman–Crippen MR) is 122 cm³/mol. The fraction of sp³-hybridized carbons (Fsp3) is 0.0435. The molecule has 0 aliphatic rings. The molecule has 3 rings (SSSR count). The van der Waals surface area contributed by atoms with Crippen molar-refractivity contribution in [3.8, 4) is 5.75 Å². The van der Waals surface area contributed by atoms with Crippen molar-refractivity contribution in [3.05, 3.63) is 101 Å². The van der Waals surface area contributed by atoms with Crippen LogP contribution >= 0.6 is 23.8 Å². The fourth-order valence-electron chi connectivity index (χ4n) is 2.44. The molecule has 0 radical (unpaired) electrons. The molecule has 0 unspecified atom stereocenters. The summed E-state index contributed by atoms with van der Waals surface area (Å²) in [6.07, 6.45) is 3.10. The van der Waals surface area contributed by atoms with Crippen molar-refractivity contribution in [2.24, 2.45) is 0 Å². The number of carbonyl (C=O) groups is 1. The van der Waals surface area contributed by atoms with Crippen LogP contribution in [0.4, 0.5) is 5.69 Å². The van der Waals surface area contributed by atoms with Crippen molar-refractivity contribution in [3.63, 3.8) is 0 Å². The second-order valence-electron chi connectivity index (χ2n) is 6.13. The van der Waals surface area contributed by atoms with E-state index in [1.807, 2.05) is 66.7 Å². The molecule has 146 valence electrons. The summed E-state index contributed by atoms with van der Waals surface area (Å²) in [5, 5.41) is 6.44. The zero-order valence-electron chi connectivity index (χ0n) is 15.5. The van der Waals surface area contributed by atoms with Crippen LogP contribution in [0.5, 0.6) is 5.75 Å². The molecule has 3 aromatic rings. The molecule has 0 aliphatic carbocycles. The summed E-state index contributed by atoms with van der Waals surface area (Å²) in [5.41, 5.74) is 2.73. The second kappa shape index (κ2) is 10.4. The number of thiocarbonyl (C=S) groups is 1. The number of benzene rings is 3. The lowest BCUT2D eigenvalue weighted by Gasteiger charge is -2.10. The summed E-state index contributed by atoms with van der Waals surface area (Å²) < 4.78 is 5.75. The first-order valence-electron chi connectivity index (χ1n) is 8.91. The highest BCUT2D eigenvalue weighted by molar-refractivity contribution is 7.80. The van der Waals surface area contributed by atoms with E-state index in [0.29, 0.717) is 11.6 Å². The third-order valence-corrected chi connectivity index (χ3v) is 4.35. The van der Waals surface area contributed by atoms with Crippen LogP contribution in [0.3, 0.4) is 0 Å². The van der Waals surface area contributed by atoms with Gasteiger partial charge in [-0.05, 0) is 65.8 Å². The van der Waals surface area contributed by atoms with E-state index in [1.165, 1.54) is 6.08 Å². The summed E-state index contributed by atoms with van der Waals surface area (Å²) in [6, 6.07) is 24.5. The molecule has 0 fully saturated rings.